The molecule has 0 aromatic heterocycles. The number of rotatable bonds is 5. The van der Waals surface area contributed by atoms with Crippen molar-refractivity contribution in [1.82, 2.24) is 5.32 Å². The second-order valence-corrected chi connectivity index (χ2v) is 6.30. The van der Waals surface area contributed by atoms with Crippen LogP contribution in [0.15, 0.2) is 60.7 Å². The zero-order chi connectivity index (χ0) is 16.1. The maximum atomic E-state index is 12.8. The van der Waals surface area contributed by atoms with Crippen LogP contribution in [0.3, 0.4) is 0 Å². The van der Waals surface area contributed by atoms with Crippen molar-refractivity contribution in [1.29, 1.82) is 0 Å². The van der Waals surface area contributed by atoms with E-state index in [4.69, 9.17) is 5.73 Å². The molecule has 0 spiro atoms. The van der Waals surface area contributed by atoms with E-state index in [-0.39, 0.29) is 17.9 Å². The molecule has 0 radical (unpaired) electrons. The third-order valence-corrected chi connectivity index (χ3v) is 4.85. The first-order valence-electron chi connectivity index (χ1n) is 8.40. The summed E-state index contributed by atoms with van der Waals surface area (Å²) in [5.74, 6) is 0.507. The number of nitrogens with two attached hydrogens (primary N) is 1. The molecular weight excluding hydrogens is 284 g/mol. The van der Waals surface area contributed by atoms with Crippen molar-refractivity contribution < 1.29 is 4.79 Å². The van der Waals surface area contributed by atoms with Crippen LogP contribution in [0, 0.1) is 11.8 Å². The van der Waals surface area contributed by atoms with Crippen LogP contribution in [0.5, 0.6) is 0 Å². The van der Waals surface area contributed by atoms with Gasteiger partial charge in [-0.2, -0.15) is 0 Å². The van der Waals surface area contributed by atoms with Crippen LogP contribution in [0.1, 0.15) is 36.4 Å². The average molecular weight is 308 g/mol. The van der Waals surface area contributed by atoms with Crippen molar-refractivity contribution in [3.05, 3.63) is 71.8 Å². The Labute approximate surface area is 137 Å². The Morgan fingerprint density at radius 1 is 1.00 bits per heavy atom. The summed E-state index contributed by atoms with van der Waals surface area (Å²) in [5, 5.41) is 3.26. The first kappa shape index (κ1) is 15.8. The molecule has 0 heterocycles. The highest BCUT2D eigenvalue weighted by Gasteiger charge is 2.33. The van der Waals surface area contributed by atoms with Crippen molar-refractivity contribution >= 4 is 5.91 Å². The molecule has 0 saturated heterocycles. The second-order valence-electron chi connectivity index (χ2n) is 6.30. The molecule has 0 bridgehead atoms. The topological polar surface area (TPSA) is 55.1 Å². The molecule has 120 valence electrons. The van der Waals surface area contributed by atoms with Crippen LogP contribution >= 0.6 is 0 Å². The van der Waals surface area contributed by atoms with Gasteiger partial charge in [-0.05, 0) is 36.4 Å². The molecular formula is C20H24N2O. The number of benzene rings is 2. The minimum absolute atomic E-state index is 0.0509. The predicted molar refractivity (Wildman–Crippen MR) is 92.8 cm³/mol. The summed E-state index contributed by atoms with van der Waals surface area (Å²) in [4.78, 5) is 12.8. The summed E-state index contributed by atoms with van der Waals surface area (Å²) in [6.45, 7) is 0.597. The minimum atomic E-state index is -0.107. The van der Waals surface area contributed by atoms with Crippen LogP contribution in [0.4, 0.5) is 0 Å². The van der Waals surface area contributed by atoms with Gasteiger partial charge in [0.1, 0.15) is 0 Å². The first-order chi connectivity index (χ1) is 11.3. The van der Waals surface area contributed by atoms with Gasteiger partial charge < -0.3 is 11.1 Å². The van der Waals surface area contributed by atoms with Gasteiger partial charge >= 0.3 is 0 Å². The van der Waals surface area contributed by atoms with Gasteiger partial charge in [-0.15, -0.1) is 0 Å². The highest BCUT2D eigenvalue weighted by molar-refractivity contribution is 5.80. The highest BCUT2D eigenvalue weighted by Crippen LogP contribution is 2.32. The molecule has 1 fully saturated rings. The molecule has 1 saturated carbocycles. The minimum Gasteiger partial charge on any atom is -0.345 e. The third-order valence-electron chi connectivity index (χ3n) is 4.85. The molecule has 1 amide bonds. The van der Waals surface area contributed by atoms with Crippen LogP contribution in [-0.4, -0.2) is 12.5 Å². The van der Waals surface area contributed by atoms with Crippen molar-refractivity contribution in [3.63, 3.8) is 0 Å². The summed E-state index contributed by atoms with van der Waals surface area (Å²) in [7, 11) is 0. The Morgan fingerprint density at radius 3 is 2.09 bits per heavy atom. The Balaban J connectivity index is 1.83. The van der Waals surface area contributed by atoms with E-state index in [0.717, 1.165) is 30.4 Å². The smallest absolute Gasteiger partial charge is 0.224 e. The van der Waals surface area contributed by atoms with Crippen LogP contribution in [-0.2, 0) is 4.79 Å². The Kier molecular flexibility index (Phi) is 5.09. The van der Waals surface area contributed by atoms with Crippen molar-refractivity contribution in [3.8, 4) is 0 Å². The monoisotopic (exact) mass is 308 g/mol. The molecule has 1 aliphatic rings. The third kappa shape index (κ3) is 3.62. The zero-order valence-corrected chi connectivity index (χ0v) is 13.3. The number of carbonyl (C=O) groups is 1. The lowest BCUT2D eigenvalue weighted by Gasteiger charge is -2.24. The fourth-order valence-corrected chi connectivity index (χ4v) is 3.56. The van der Waals surface area contributed by atoms with Gasteiger partial charge in [0.25, 0.3) is 0 Å². The van der Waals surface area contributed by atoms with Gasteiger partial charge in [0.15, 0.2) is 0 Å². The Bertz CT molecular complexity index is 587. The van der Waals surface area contributed by atoms with E-state index in [9.17, 15) is 4.79 Å². The van der Waals surface area contributed by atoms with Gasteiger partial charge in [0.2, 0.25) is 5.91 Å². The van der Waals surface area contributed by atoms with E-state index in [2.05, 4.69) is 29.6 Å². The normalized spacial score (nSPS) is 20.6. The fourth-order valence-electron chi connectivity index (χ4n) is 3.56. The molecule has 1 aliphatic carbocycles. The Hall–Kier alpha value is -2.13. The number of hydrogen-bond donors (Lipinski definition) is 2. The largest absolute Gasteiger partial charge is 0.345 e. The predicted octanol–water partition coefficient (Wildman–Crippen LogP) is 3.27. The van der Waals surface area contributed by atoms with Crippen molar-refractivity contribution in [2.45, 2.75) is 25.3 Å². The van der Waals surface area contributed by atoms with Crippen LogP contribution in [0.2, 0.25) is 0 Å². The zero-order valence-electron chi connectivity index (χ0n) is 13.3. The molecule has 23 heavy (non-hydrogen) atoms. The summed E-state index contributed by atoms with van der Waals surface area (Å²) in [6, 6.07) is 20.2. The second kappa shape index (κ2) is 7.42. The molecule has 2 aromatic carbocycles. The number of amides is 1. The molecule has 0 aliphatic heterocycles. The summed E-state index contributed by atoms with van der Waals surface area (Å²) >= 11 is 0. The van der Waals surface area contributed by atoms with Crippen LogP contribution in [0.25, 0.3) is 0 Å². The Morgan fingerprint density at radius 2 is 1.57 bits per heavy atom. The summed E-state index contributed by atoms with van der Waals surface area (Å²) < 4.78 is 0. The lowest BCUT2D eigenvalue weighted by molar-refractivity contribution is -0.126. The highest BCUT2D eigenvalue weighted by atomic mass is 16.2. The standard InChI is InChI=1S/C20H24N2O/c21-14-17-12-7-13-18(17)20(23)22-19(15-8-3-1-4-9-15)16-10-5-2-6-11-16/h1-6,8-11,17-19H,7,12-14,21H2,(H,22,23)/t17-,18-/m1/s1. The maximum Gasteiger partial charge on any atom is 0.224 e. The fraction of sp³-hybridized carbons (Fsp3) is 0.350. The molecule has 3 heteroatoms. The van der Waals surface area contributed by atoms with Crippen molar-refractivity contribution in [2.24, 2.45) is 17.6 Å². The average Bonchev–Trinajstić information content (AvgIpc) is 3.10. The molecule has 2 aromatic rings. The lowest BCUT2D eigenvalue weighted by atomic mass is 9.93. The number of carbonyl (C=O) groups excluding carboxylic acids is 1. The molecule has 3 rings (SSSR count). The SMILES string of the molecule is NC[C@H]1CCC[C@H]1C(=O)NC(c1ccccc1)c1ccccc1. The van der Waals surface area contributed by atoms with E-state index >= 15 is 0 Å². The van der Waals surface area contributed by atoms with Gasteiger partial charge in [0.05, 0.1) is 6.04 Å². The van der Waals surface area contributed by atoms with Gasteiger partial charge in [-0.1, -0.05) is 67.1 Å². The molecule has 0 unspecified atom stereocenters. The van der Waals surface area contributed by atoms with E-state index < -0.39 is 0 Å². The lowest BCUT2D eigenvalue weighted by Crippen LogP contribution is -2.37. The first-order valence-corrected chi connectivity index (χ1v) is 8.40. The van der Waals surface area contributed by atoms with E-state index in [1.807, 2.05) is 36.4 Å². The van der Waals surface area contributed by atoms with Gasteiger partial charge in [0, 0.05) is 5.92 Å². The van der Waals surface area contributed by atoms with Crippen molar-refractivity contribution in [2.75, 3.05) is 6.54 Å². The quantitative estimate of drug-likeness (QED) is 0.890. The van der Waals surface area contributed by atoms with E-state index in [1.165, 1.54) is 0 Å². The number of nitrogens with one attached hydrogen (secondary N) is 1. The molecule has 3 nitrogen and oxygen atoms in total. The van der Waals surface area contributed by atoms with Crippen LogP contribution < -0.4 is 11.1 Å². The van der Waals surface area contributed by atoms with E-state index in [1.54, 1.807) is 0 Å². The number of hydrogen-bond acceptors (Lipinski definition) is 2. The van der Waals surface area contributed by atoms with Gasteiger partial charge in [-0.3, -0.25) is 4.79 Å². The maximum absolute atomic E-state index is 12.8. The summed E-state index contributed by atoms with van der Waals surface area (Å²) in [5.41, 5.74) is 8.05. The molecule has 3 N–H and O–H groups in total. The van der Waals surface area contributed by atoms with Gasteiger partial charge in [-0.25, -0.2) is 0 Å². The summed E-state index contributed by atoms with van der Waals surface area (Å²) in [6.07, 6.45) is 3.11. The van der Waals surface area contributed by atoms with E-state index in [0.29, 0.717) is 12.5 Å². The molecule has 2 atom stereocenters.